The van der Waals surface area contributed by atoms with Crippen molar-refractivity contribution in [3.8, 4) is 0 Å². The predicted molar refractivity (Wildman–Crippen MR) is 62.5 cm³/mol. The van der Waals surface area contributed by atoms with Crippen molar-refractivity contribution in [3.05, 3.63) is 0 Å². The van der Waals surface area contributed by atoms with E-state index in [0.717, 1.165) is 0 Å². The van der Waals surface area contributed by atoms with E-state index in [9.17, 15) is 9.59 Å². The molecule has 0 aromatic heterocycles. The van der Waals surface area contributed by atoms with E-state index in [0.29, 0.717) is 12.8 Å². The van der Waals surface area contributed by atoms with Crippen molar-refractivity contribution in [3.63, 3.8) is 0 Å². The molecule has 0 radical (unpaired) electrons. The monoisotopic (exact) mass is 263 g/mol. The Labute approximate surface area is 106 Å². The molecule has 1 atom stereocenters. The fourth-order valence-electron chi connectivity index (χ4n) is 1.06. The zero-order chi connectivity index (χ0) is 13.8. The second-order valence-corrected chi connectivity index (χ2v) is 3.69. The molecule has 4 N–H and O–H groups in total. The van der Waals surface area contributed by atoms with Crippen LogP contribution in [0.2, 0.25) is 0 Å². The smallest absolute Gasteiger partial charge is 0.322 e. The lowest BCUT2D eigenvalue weighted by molar-refractivity contribution is -0.147. The van der Waals surface area contributed by atoms with Gasteiger partial charge in [0.25, 0.3) is 0 Å². The lowest BCUT2D eigenvalue weighted by Gasteiger charge is -2.10. The number of hydrogen-bond donors (Lipinski definition) is 3. The molecule has 7 heteroatoms. The zero-order valence-electron chi connectivity index (χ0n) is 10.3. The number of ether oxygens (including phenoxy) is 2. The van der Waals surface area contributed by atoms with E-state index in [1.165, 1.54) is 0 Å². The van der Waals surface area contributed by atoms with Crippen molar-refractivity contribution < 1.29 is 29.3 Å². The molecule has 0 unspecified atom stereocenters. The van der Waals surface area contributed by atoms with Gasteiger partial charge in [-0.15, -0.1) is 0 Å². The molecule has 0 aliphatic rings. The van der Waals surface area contributed by atoms with Crippen molar-refractivity contribution in [1.29, 1.82) is 0 Å². The van der Waals surface area contributed by atoms with Crippen LogP contribution in [0.1, 0.15) is 25.7 Å². The van der Waals surface area contributed by atoms with Crippen LogP contribution in [-0.4, -0.2) is 54.6 Å². The summed E-state index contributed by atoms with van der Waals surface area (Å²) < 4.78 is 9.54. The van der Waals surface area contributed by atoms with Gasteiger partial charge in [0.2, 0.25) is 0 Å². The third-order valence-corrected chi connectivity index (χ3v) is 2.07. The van der Waals surface area contributed by atoms with Gasteiger partial charge in [0.15, 0.2) is 0 Å². The van der Waals surface area contributed by atoms with Gasteiger partial charge in [-0.3, -0.25) is 9.59 Å². The van der Waals surface area contributed by atoms with E-state index in [2.05, 4.69) is 0 Å². The van der Waals surface area contributed by atoms with Crippen LogP contribution in [-0.2, 0) is 19.1 Å². The van der Waals surface area contributed by atoms with Gasteiger partial charge >= 0.3 is 11.9 Å². The van der Waals surface area contributed by atoms with E-state index in [4.69, 9.17) is 25.4 Å². The quantitative estimate of drug-likeness (QED) is 0.339. The highest BCUT2D eigenvalue weighted by molar-refractivity contribution is 5.77. The number of carbonyl (C=O) groups is 2. The van der Waals surface area contributed by atoms with E-state index in [1.807, 2.05) is 0 Å². The Balaban J connectivity index is 3.64. The number of esters is 2. The summed E-state index contributed by atoms with van der Waals surface area (Å²) in [7, 11) is 0. The van der Waals surface area contributed by atoms with Gasteiger partial charge in [-0.05, 0) is 6.42 Å². The second-order valence-electron chi connectivity index (χ2n) is 3.69. The molecule has 0 spiro atoms. The first kappa shape index (κ1) is 16.8. The van der Waals surface area contributed by atoms with Gasteiger partial charge in [-0.2, -0.15) is 0 Å². The van der Waals surface area contributed by atoms with Gasteiger partial charge in [-0.1, -0.05) is 0 Å². The average molecular weight is 263 g/mol. The molecule has 0 amide bonds. The summed E-state index contributed by atoms with van der Waals surface area (Å²) in [5, 5.41) is 17.0. The van der Waals surface area contributed by atoms with E-state index >= 15 is 0 Å². The number of rotatable bonds is 10. The minimum absolute atomic E-state index is 0.0295. The summed E-state index contributed by atoms with van der Waals surface area (Å²) in [6.07, 6.45) is 0.931. The molecule has 0 aromatic rings. The van der Waals surface area contributed by atoms with Gasteiger partial charge in [0.1, 0.15) is 6.04 Å². The van der Waals surface area contributed by atoms with Crippen molar-refractivity contribution in [1.82, 2.24) is 0 Å². The Morgan fingerprint density at radius 1 is 1.06 bits per heavy atom. The minimum Gasteiger partial charge on any atom is -0.466 e. The van der Waals surface area contributed by atoms with Crippen LogP contribution >= 0.6 is 0 Å². The van der Waals surface area contributed by atoms with E-state index in [1.54, 1.807) is 0 Å². The Bertz CT molecular complexity index is 246. The van der Waals surface area contributed by atoms with Crippen molar-refractivity contribution >= 4 is 11.9 Å². The number of aliphatic hydroxyl groups is 2. The van der Waals surface area contributed by atoms with Crippen molar-refractivity contribution in [2.24, 2.45) is 5.73 Å². The molecule has 18 heavy (non-hydrogen) atoms. The molecular formula is C11H21NO6. The molecule has 0 saturated heterocycles. The summed E-state index contributed by atoms with van der Waals surface area (Å²) in [6, 6.07) is -0.867. The van der Waals surface area contributed by atoms with Gasteiger partial charge in [0, 0.05) is 32.5 Å². The van der Waals surface area contributed by atoms with Gasteiger partial charge in [-0.25, -0.2) is 0 Å². The summed E-state index contributed by atoms with van der Waals surface area (Å²) >= 11 is 0. The maximum absolute atomic E-state index is 11.3. The van der Waals surface area contributed by atoms with Crippen LogP contribution in [0.25, 0.3) is 0 Å². The fourth-order valence-corrected chi connectivity index (χ4v) is 1.06. The highest BCUT2D eigenvalue weighted by atomic mass is 16.5. The Kier molecular flexibility index (Phi) is 10.2. The first-order valence-corrected chi connectivity index (χ1v) is 5.91. The van der Waals surface area contributed by atoms with Crippen LogP contribution in [0.5, 0.6) is 0 Å². The molecule has 0 aliphatic heterocycles. The largest absolute Gasteiger partial charge is 0.466 e. The number of hydrogen-bond acceptors (Lipinski definition) is 7. The summed E-state index contributed by atoms with van der Waals surface area (Å²) in [5.74, 6) is -1.05. The third kappa shape index (κ3) is 8.91. The first-order valence-electron chi connectivity index (χ1n) is 5.91. The molecular weight excluding hydrogens is 242 g/mol. The Morgan fingerprint density at radius 2 is 1.61 bits per heavy atom. The highest BCUT2D eigenvalue weighted by Gasteiger charge is 2.16. The summed E-state index contributed by atoms with van der Waals surface area (Å²) in [6.45, 7) is 0.180. The Morgan fingerprint density at radius 3 is 2.17 bits per heavy atom. The zero-order valence-corrected chi connectivity index (χ0v) is 10.3. The lowest BCUT2D eigenvalue weighted by Crippen LogP contribution is -2.33. The lowest BCUT2D eigenvalue weighted by atomic mass is 10.2. The maximum Gasteiger partial charge on any atom is 0.322 e. The Hall–Kier alpha value is -1.18. The van der Waals surface area contributed by atoms with Gasteiger partial charge < -0.3 is 25.4 Å². The first-order chi connectivity index (χ1) is 8.61. The average Bonchev–Trinajstić information content (AvgIpc) is 2.36. The maximum atomic E-state index is 11.3. The SMILES string of the molecule is N[C@@H](CCC(=O)OCCCO)C(=O)OCCCO. The second kappa shape index (κ2) is 10.9. The molecule has 0 aromatic carbocycles. The van der Waals surface area contributed by atoms with Crippen LogP contribution in [0.3, 0.4) is 0 Å². The molecule has 0 aliphatic carbocycles. The van der Waals surface area contributed by atoms with E-state index < -0.39 is 18.0 Å². The molecule has 106 valence electrons. The highest BCUT2D eigenvalue weighted by Crippen LogP contribution is 2.00. The fraction of sp³-hybridized carbons (Fsp3) is 0.818. The van der Waals surface area contributed by atoms with Gasteiger partial charge in [0.05, 0.1) is 13.2 Å². The summed E-state index contributed by atoms with van der Waals surface area (Å²) in [5.41, 5.74) is 5.52. The van der Waals surface area contributed by atoms with E-state index in [-0.39, 0.29) is 39.3 Å². The van der Waals surface area contributed by atoms with Crippen LogP contribution < -0.4 is 5.73 Å². The molecule has 0 fully saturated rings. The van der Waals surface area contributed by atoms with Crippen LogP contribution in [0.15, 0.2) is 0 Å². The number of nitrogens with two attached hydrogens (primary N) is 1. The molecule has 0 saturated carbocycles. The standard InChI is InChI=1S/C11H21NO6/c12-9(11(16)18-8-2-6-14)3-4-10(15)17-7-1-5-13/h9,13-14H,1-8,12H2/t9-/m0/s1. The van der Waals surface area contributed by atoms with Crippen molar-refractivity contribution in [2.45, 2.75) is 31.7 Å². The molecule has 0 rings (SSSR count). The topological polar surface area (TPSA) is 119 Å². The molecule has 0 heterocycles. The number of carbonyl (C=O) groups excluding carboxylic acids is 2. The van der Waals surface area contributed by atoms with Crippen molar-refractivity contribution in [2.75, 3.05) is 26.4 Å². The normalized spacial score (nSPS) is 11.9. The molecule has 7 nitrogen and oxygen atoms in total. The molecule has 0 bridgehead atoms. The minimum atomic E-state index is -0.867. The third-order valence-electron chi connectivity index (χ3n) is 2.07. The number of aliphatic hydroxyl groups excluding tert-OH is 2. The van der Waals surface area contributed by atoms with Crippen LogP contribution in [0.4, 0.5) is 0 Å². The van der Waals surface area contributed by atoms with Crippen LogP contribution in [0, 0.1) is 0 Å². The predicted octanol–water partition coefficient (Wildman–Crippen LogP) is -1.05. The summed E-state index contributed by atoms with van der Waals surface area (Å²) in [4.78, 5) is 22.4.